The van der Waals surface area contributed by atoms with Crippen molar-refractivity contribution in [2.24, 2.45) is 0 Å². The van der Waals surface area contributed by atoms with Crippen molar-refractivity contribution in [3.05, 3.63) is 145 Å². The molecule has 0 bridgehead atoms. The Balaban J connectivity index is 1.51. The summed E-state index contributed by atoms with van der Waals surface area (Å²) in [6.45, 7) is 4.35. The molecule has 6 aromatic carbocycles. The average Bonchev–Trinajstić information content (AvgIpc) is 3.50. The van der Waals surface area contributed by atoms with Gasteiger partial charge in [0.2, 0.25) is 0 Å². The first kappa shape index (κ1) is 22.9. The van der Waals surface area contributed by atoms with E-state index in [0.717, 1.165) is 0 Å². The Kier molecular flexibility index (Phi) is 4.99. The number of hydrogen-bond donors (Lipinski definition) is 0. The molecule has 8 aromatic rings. The zero-order valence-corrected chi connectivity index (χ0v) is 22.6. The van der Waals surface area contributed by atoms with Crippen LogP contribution in [0, 0.1) is 13.8 Å². The molecule has 0 atom stereocenters. The highest BCUT2D eigenvalue weighted by Crippen LogP contribution is 2.42. The SMILES string of the molecule is Cc1ccc2c(c1)c1cc(C)ccc1n2-c1ccccc1-c1cccc2c3ccccc3n(-c3ccccc3)c12. The summed E-state index contributed by atoms with van der Waals surface area (Å²) in [7, 11) is 0. The molecule has 40 heavy (non-hydrogen) atoms. The standard InChI is InChI=1S/C38H28N2/c1-25-19-21-36-32(23-25)33-24-26(2)20-22-37(33)40(36)35-18-9-7-14-29(35)31-16-10-15-30-28-13-6-8-17-34(28)39(38(30)31)27-11-4-3-5-12-27/h3-24H,1-2H3. The molecule has 0 aliphatic heterocycles. The van der Waals surface area contributed by atoms with E-state index < -0.39 is 0 Å². The summed E-state index contributed by atoms with van der Waals surface area (Å²) in [5.41, 5.74) is 12.3. The number of aryl methyl sites for hydroxylation is 2. The second-order valence-electron chi connectivity index (χ2n) is 10.8. The van der Waals surface area contributed by atoms with E-state index in [1.807, 2.05) is 0 Å². The van der Waals surface area contributed by atoms with Gasteiger partial charge in [-0.05, 0) is 62.4 Å². The summed E-state index contributed by atoms with van der Waals surface area (Å²) in [6, 6.07) is 48.7. The Morgan fingerprint density at radius 3 is 1.73 bits per heavy atom. The van der Waals surface area contributed by atoms with Gasteiger partial charge in [0.1, 0.15) is 0 Å². The molecule has 0 spiro atoms. The predicted molar refractivity (Wildman–Crippen MR) is 170 cm³/mol. The van der Waals surface area contributed by atoms with Gasteiger partial charge in [0.05, 0.1) is 27.8 Å². The molecule has 2 aromatic heterocycles. The van der Waals surface area contributed by atoms with Gasteiger partial charge in [0.25, 0.3) is 0 Å². The van der Waals surface area contributed by atoms with Crippen LogP contribution in [0.5, 0.6) is 0 Å². The third-order valence-corrected chi connectivity index (χ3v) is 8.22. The highest BCUT2D eigenvalue weighted by atomic mass is 15.0. The van der Waals surface area contributed by atoms with Crippen LogP contribution in [0.1, 0.15) is 11.1 Å². The normalized spacial score (nSPS) is 11.8. The molecule has 2 nitrogen and oxygen atoms in total. The maximum atomic E-state index is 2.45. The lowest BCUT2D eigenvalue weighted by Gasteiger charge is -2.17. The molecule has 2 heteroatoms. The van der Waals surface area contributed by atoms with Crippen LogP contribution >= 0.6 is 0 Å². The quantitative estimate of drug-likeness (QED) is 0.223. The summed E-state index contributed by atoms with van der Waals surface area (Å²) in [4.78, 5) is 0. The van der Waals surface area contributed by atoms with Crippen LogP contribution in [-0.2, 0) is 0 Å². The summed E-state index contributed by atoms with van der Waals surface area (Å²) in [6.07, 6.45) is 0. The van der Waals surface area contributed by atoms with Crippen molar-refractivity contribution >= 4 is 43.6 Å². The predicted octanol–water partition coefficient (Wildman–Crippen LogP) is 10.2. The minimum atomic E-state index is 1.17. The van der Waals surface area contributed by atoms with Crippen LogP contribution in [0.15, 0.2) is 133 Å². The second-order valence-corrected chi connectivity index (χ2v) is 10.8. The number of para-hydroxylation sites is 4. The van der Waals surface area contributed by atoms with Gasteiger partial charge in [-0.25, -0.2) is 0 Å². The molecule has 0 N–H and O–H groups in total. The molecule has 0 aliphatic rings. The first-order valence-corrected chi connectivity index (χ1v) is 13.9. The first-order chi connectivity index (χ1) is 19.7. The zero-order chi connectivity index (χ0) is 26.8. The highest BCUT2D eigenvalue weighted by Gasteiger charge is 2.20. The number of rotatable bonds is 3. The Morgan fingerprint density at radius 2 is 0.975 bits per heavy atom. The van der Waals surface area contributed by atoms with Crippen LogP contribution in [0.4, 0.5) is 0 Å². The molecule has 0 amide bonds. The second kappa shape index (κ2) is 8.72. The third-order valence-electron chi connectivity index (χ3n) is 8.22. The van der Waals surface area contributed by atoms with Crippen LogP contribution in [0.25, 0.3) is 66.1 Å². The Morgan fingerprint density at radius 1 is 0.400 bits per heavy atom. The smallest absolute Gasteiger partial charge is 0.0620 e. The molecule has 0 radical (unpaired) electrons. The Hall–Kier alpha value is -5.08. The van der Waals surface area contributed by atoms with Crippen molar-refractivity contribution in [2.75, 3.05) is 0 Å². The molecular formula is C38H28N2. The molecule has 0 saturated heterocycles. The van der Waals surface area contributed by atoms with Gasteiger partial charge < -0.3 is 9.13 Å². The topological polar surface area (TPSA) is 9.86 Å². The van der Waals surface area contributed by atoms with E-state index in [4.69, 9.17) is 0 Å². The number of hydrogen-bond acceptors (Lipinski definition) is 0. The van der Waals surface area contributed by atoms with E-state index >= 15 is 0 Å². The number of aromatic nitrogens is 2. The molecular weight excluding hydrogens is 484 g/mol. The fraction of sp³-hybridized carbons (Fsp3) is 0.0526. The third kappa shape index (κ3) is 3.29. The molecule has 0 unspecified atom stereocenters. The zero-order valence-electron chi connectivity index (χ0n) is 22.6. The van der Waals surface area contributed by atoms with E-state index in [2.05, 4.69) is 156 Å². The van der Waals surface area contributed by atoms with Crippen LogP contribution in [0.2, 0.25) is 0 Å². The minimum Gasteiger partial charge on any atom is -0.309 e. The van der Waals surface area contributed by atoms with Gasteiger partial charge in [-0.15, -0.1) is 0 Å². The van der Waals surface area contributed by atoms with E-state index in [1.165, 1.54) is 77.2 Å². The molecule has 2 heterocycles. The first-order valence-electron chi connectivity index (χ1n) is 13.9. The van der Waals surface area contributed by atoms with E-state index in [0.29, 0.717) is 0 Å². The Bertz CT molecular complexity index is 2170. The van der Waals surface area contributed by atoms with Gasteiger partial charge in [0, 0.05) is 38.4 Å². The van der Waals surface area contributed by atoms with Gasteiger partial charge in [0.15, 0.2) is 0 Å². The van der Waals surface area contributed by atoms with Crippen molar-refractivity contribution in [1.29, 1.82) is 0 Å². The number of benzene rings is 6. The van der Waals surface area contributed by atoms with Gasteiger partial charge >= 0.3 is 0 Å². The van der Waals surface area contributed by atoms with Gasteiger partial charge in [-0.1, -0.05) is 96.1 Å². The number of fused-ring (bicyclic) bond motifs is 6. The summed E-state index contributed by atoms with van der Waals surface area (Å²) in [5.74, 6) is 0. The maximum absolute atomic E-state index is 2.45. The lowest BCUT2D eigenvalue weighted by Crippen LogP contribution is -1.99. The monoisotopic (exact) mass is 512 g/mol. The average molecular weight is 513 g/mol. The van der Waals surface area contributed by atoms with E-state index in [1.54, 1.807) is 0 Å². The van der Waals surface area contributed by atoms with Crippen molar-refractivity contribution < 1.29 is 0 Å². The van der Waals surface area contributed by atoms with Crippen molar-refractivity contribution in [1.82, 2.24) is 9.13 Å². The van der Waals surface area contributed by atoms with E-state index in [-0.39, 0.29) is 0 Å². The summed E-state index contributed by atoms with van der Waals surface area (Å²) < 4.78 is 4.88. The highest BCUT2D eigenvalue weighted by molar-refractivity contribution is 6.15. The fourth-order valence-electron chi connectivity index (χ4n) is 6.49. The van der Waals surface area contributed by atoms with Crippen LogP contribution in [0.3, 0.4) is 0 Å². The van der Waals surface area contributed by atoms with Crippen LogP contribution < -0.4 is 0 Å². The van der Waals surface area contributed by atoms with Crippen molar-refractivity contribution in [3.63, 3.8) is 0 Å². The lowest BCUT2D eigenvalue weighted by molar-refractivity contribution is 1.17. The number of nitrogens with zero attached hydrogens (tertiary/aromatic N) is 2. The molecule has 190 valence electrons. The lowest BCUT2D eigenvalue weighted by atomic mass is 10.00. The minimum absolute atomic E-state index is 1.17. The Labute approximate surface area is 233 Å². The van der Waals surface area contributed by atoms with Gasteiger partial charge in [-0.2, -0.15) is 0 Å². The van der Waals surface area contributed by atoms with Crippen LogP contribution in [-0.4, -0.2) is 9.13 Å². The van der Waals surface area contributed by atoms with Gasteiger partial charge in [-0.3, -0.25) is 0 Å². The molecule has 0 fully saturated rings. The maximum Gasteiger partial charge on any atom is 0.0620 e. The van der Waals surface area contributed by atoms with Crippen molar-refractivity contribution in [3.8, 4) is 22.5 Å². The van der Waals surface area contributed by atoms with E-state index in [9.17, 15) is 0 Å². The summed E-state index contributed by atoms with van der Waals surface area (Å²) in [5, 5.41) is 5.12. The molecule has 0 saturated carbocycles. The van der Waals surface area contributed by atoms with Crippen molar-refractivity contribution in [2.45, 2.75) is 13.8 Å². The fourth-order valence-corrected chi connectivity index (χ4v) is 6.49. The largest absolute Gasteiger partial charge is 0.309 e. The molecule has 8 rings (SSSR count). The summed E-state index contributed by atoms with van der Waals surface area (Å²) >= 11 is 0. The molecule has 0 aliphatic carbocycles.